The molecule has 2 N–H and O–H groups in total. The summed E-state index contributed by atoms with van der Waals surface area (Å²) in [5.74, 6) is -0.306. The first-order valence-electron chi connectivity index (χ1n) is 7.10. The third-order valence-corrected chi connectivity index (χ3v) is 4.70. The highest BCUT2D eigenvalue weighted by Gasteiger charge is 2.09. The summed E-state index contributed by atoms with van der Waals surface area (Å²) in [5, 5.41) is 5.89. The second-order valence-corrected chi connectivity index (χ2v) is 7.00. The molecule has 0 aliphatic carbocycles. The number of amides is 2. The molecule has 0 saturated heterocycles. The maximum Gasteiger partial charge on any atom is 0.252 e. The first-order valence-corrected chi connectivity index (χ1v) is 8.67. The van der Waals surface area contributed by atoms with Crippen LogP contribution in [0, 0.1) is 0 Å². The Bertz CT molecular complexity index is 688. The Morgan fingerprint density at radius 3 is 2.43 bits per heavy atom. The standard InChI is InChI=1S/C16H16Cl2N2O2S/c17-13-4-2-1-3-12(13)16(22)20-10-9-19-15(21)8-6-11-5-7-14(18)23-11/h1-5,7H,6,8-10H2,(H,19,21)(H,20,22). The van der Waals surface area contributed by atoms with Gasteiger partial charge in [-0.3, -0.25) is 9.59 Å². The van der Waals surface area contributed by atoms with Gasteiger partial charge in [-0.05, 0) is 30.7 Å². The number of halogens is 2. The summed E-state index contributed by atoms with van der Waals surface area (Å²) in [6, 6.07) is 10.6. The summed E-state index contributed by atoms with van der Waals surface area (Å²) in [5.41, 5.74) is 0.426. The highest BCUT2D eigenvalue weighted by Crippen LogP contribution is 2.22. The van der Waals surface area contributed by atoms with Crippen molar-refractivity contribution in [3.05, 3.63) is 56.2 Å². The molecule has 1 aromatic carbocycles. The average molecular weight is 371 g/mol. The van der Waals surface area contributed by atoms with E-state index in [2.05, 4.69) is 10.6 Å². The van der Waals surface area contributed by atoms with E-state index in [0.717, 1.165) is 9.21 Å². The van der Waals surface area contributed by atoms with E-state index in [1.807, 2.05) is 12.1 Å². The van der Waals surface area contributed by atoms with Gasteiger partial charge in [-0.2, -0.15) is 0 Å². The van der Waals surface area contributed by atoms with E-state index < -0.39 is 0 Å². The van der Waals surface area contributed by atoms with Crippen LogP contribution in [0.1, 0.15) is 21.7 Å². The number of aryl methyl sites for hydroxylation is 1. The van der Waals surface area contributed by atoms with Crippen LogP contribution in [0.5, 0.6) is 0 Å². The van der Waals surface area contributed by atoms with Crippen molar-refractivity contribution in [1.82, 2.24) is 10.6 Å². The lowest BCUT2D eigenvalue weighted by atomic mass is 10.2. The Morgan fingerprint density at radius 1 is 1.00 bits per heavy atom. The van der Waals surface area contributed by atoms with Gasteiger partial charge in [-0.1, -0.05) is 35.3 Å². The van der Waals surface area contributed by atoms with Crippen LogP contribution in [-0.4, -0.2) is 24.9 Å². The quantitative estimate of drug-likeness (QED) is 0.732. The molecule has 7 heteroatoms. The fourth-order valence-electron chi connectivity index (χ4n) is 1.93. The lowest BCUT2D eigenvalue weighted by molar-refractivity contribution is -0.121. The zero-order valence-corrected chi connectivity index (χ0v) is 14.6. The third-order valence-electron chi connectivity index (χ3n) is 3.08. The zero-order valence-electron chi connectivity index (χ0n) is 12.3. The van der Waals surface area contributed by atoms with Crippen LogP contribution in [0.2, 0.25) is 9.36 Å². The smallest absolute Gasteiger partial charge is 0.252 e. The minimum atomic E-state index is -0.252. The molecule has 0 radical (unpaired) electrons. The number of rotatable bonds is 7. The summed E-state index contributed by atoms with van der Waals surface area (Å²) in [7, 11) is 0. The molecule has 0 aliphatic heterocycles. The first kappa shape index (κ1) is 17.8. The van der Waals surface area contributed by atoms with E-state index in [9.17, 15) is 9.59 Å². The Labute approximate surface area is 148 Å². The van der Waals surface area contributed by atoms with Crippen LogP contribution in [0.3, 0.4) is 0 Å². The molecule has 0 aliphatic rings. The Hall–Kier alpha value is -1.56. The summed E-state index contributed by atoms with van der Waals surface area (Å²) >= 11 is 13.3. The maximum atomic E-state index is 11.9. The predicted octanol–water partition coefficient (Wildman–Crippen LogP) is 3.53. The molecule has 4 nitrogen and oxygen atoms in total. The van der Waals surface area contributed by atoms with Gasteiger partial charge in [0.1, 0.15) is 0 Å². The lowest BCUT2D eigenvalue weighted by Crippen LogP contribution is -2.34. The summed E-state index contributed by atoms with van der Waals surface area (Å²) in [4.78, 5) is 24.7. The summed E-state index contributed by atoms with van der Waals surface area (Å²) in [6.07, 6.45) is 1.06. The van der Waals surface area contributed by atoms with Gasteiger partial charge >= 0.3 is 0 Å². The van der Waals surface area contributed by atoms with Crippen molar-refractivity contribution >= 4 is 46.4 Å². The van der Waals surface area contributed by atoms with Gasteiger partial charge in [0.2, 0.25) is 5.91 Å². The molecule has 0 spiro atoms. The van der Waals surface area contributed by atoms with Crippen LogP contribution in [0.4, 0.5) is 0 Å². The number of hydrogen-bond acceptors (Lipinski definition) is 3. The van der Waals surface area contributed by atoms with Crippen molar-refractivity contribution in [3.8, 4) is 0 Å². The third kappa shape index (κ3) is 5.86. The predicted molar refractivity (Wildman–Crippen MR) is 94.4 cm³/mol. The fourth-order valence-corrected chi connectivity index (χ4v) is 3.24. The monoisotopic (exact) mass is 370 g/mol. The Balaban J connectivity index is 1.64. The minimum absolute atomic E-state index is 0.0542. The van der Waals surface area contributed by atoms with Gasteiger partial charge in [0.25, 0.3) is 5.91 Å². The lowest BCUT2D eigenvalue weighted by Gasteiger charge is -2.08. The second kappa shape index (κ2) is 8.91. The van der Waals surface area contributed by atoms with Gasteiger partial charge in [0.15, 0.2) is 0 Å². The molecule has 1 heterocycles. The van der Waals surface area contributed by atoms with Crippen molar-refractivity contribution in [2.75, 3.05) is 13.1 Å². The number of carbonyl (C=O) groups excluding carboxylic acids is 2. The number of nitrogens with one attached hydrogen (secondary N) is 2. The number of carbonyl (C=O) groups is 2. The van der Waals surface area contributed by atoms with Crippen molar-refractivity contribution in [2.24, 2.45) is 0 Å². The largest absolute Gasteiger partial charge is 0.354 e. The van der Waals surface area contributed by atoms with Crippen LogP contribution >= 0.6 is 34.5 Å². The summed E-state index contributed by atoms with van der Waals surface area (Å²) < 4.78 is 0.725. The second-order valence-electron chi connectivity index (χ2n) is 4.79. The Morgan fingerprint density at radius 2 is 1.74 bits per heavy atom. The molecule has 2 amide bonds. The van der Waals surface area contributed by atoms with Gasteiger partial charge in [-0.25, -0.2) is 0 Å². The van der Waals surface area contributed by atoms with Crippen molar-refractivity contribution in [2.45, 2.75) is 12.8 Å². The topological polar surface area (TPSA) is 58.2 Å². The molecule has 0 fully saturated rings. The van der Waals surface area contributed by atoms with Gasteiger partial charge < -0.3 is 10.6 Å². The highest BCUT2D eigenvalue weighted by atomic mass is 35.5. The van der Waals surface area contributed by atoms with E-state index >= 15 is 0 Å². The normalized spacial score (nSPS) is 10.3. The first-order chi connectivity index (χ1) is 11.1. The fraction of sp³-hybridized carbons (Fsp3) is 0.250. The van der Waals surface area contributed by atoms with Crippen LogP contribution in [0.15, 0.2) is 36.4 Å². The highest BCUT2D eigenvalue weighted by molar-refractivity contribution is 7.16. The molecule has 2 aromatic rings. The molecular weight excluding hydrogens is 355 g/mol. The molecule has 0 bridgehead atoms. The van der Waals surface area contributed by atoms with Crippen molar-refractivity contribution < 1.29 is 9.59 Å². The zero-order chi connectivity index (χ0) is 16.7. The SMILES string of the molecule is O=C(CCc1ccc(Cl)s1)NCCNC(=O)c1ccccc1Cl. The van der Waals surface area contributed by atoms with Crippen molar-refractivity contribution in [3.63, 3.8) is 0 Å². The van der Waals surface area contributed by atoms with Crippen molar-refractivity contribution in [1.29, 1.82) is 0 Å². The van der Waals surface area contributed by atoms with Gasteiger partial charge in [0.05, 0.1) is 14.9 Å². The number of benzene rings is 1. The van der Waals surface area contributed by atoms with Gasteiger partial charge in [-0.15, -0.1) is 11.3 Å². The van der Waals surface area contributed by atoms with E-state index in [1.165, 1.54) is 11.3 Å². The van der Waals surface area contributed by atoms with Gasteiger partial charge in [0, 0.05) is 24.4 Å². The van der Waals surface area contributed by atoms with E-state index in [4.69, 9.17) is 23.2 Å². The average Bonchev–Trinajstić information content (AvgIpc) is 2.95. The molecular formula is C16H16Cl2N2O2S. The molecule has 0 unspecified atom stereocenters. The van der Waals surface area contributed by atoms with E-state index in [0.29, 0.717) is 36.5 Å². The Kier molecular flexibility index (Phi) is 6.89. The molecule has 2 rings (SSSR count). The molecule has 0 atom stereocenters. The van der Waals surface area contributed by atoms with Crippen LogP contribution in [-0.2, 0) is 11.2 Å². The van der Waals surface area contributed by atoms with E-state index in [1.54, 1.807) is 24.3 Å². The molecule has 0 saturated carbocycles. The maximum absolute atomic E-state index is 11.9. The van der Waals surface area contributed by atoms with Crippen LogP contribution in [0.25, 0.3) is 0 Å². The molecule has 122 valence electrons. The molecule has 1 aromatic heterocycles. The minimum Gasteiger partial charge on any atom is -0.354 e. The van der Waals surface area contributed by atoms with Crippen LogP contribution < -0.4 is 10.6 Å². The summed E-state index contributed by atoms with van der Waals surface area (Å²) in [6.45, 7) is 0.723. The molecule has 23 heavy (non-hydrogen) atoms. The number of thiophene rings is 1. The number of hydrogen-bond donors (Lipinski definition) is 2. The van der Waals surface area contributed by atoms with E-state index in [-0.39, 0.29) is 11.8 Å².